The zero-order valence-electron chi connectivity index (χ0n) is 12.1. The molecule has 4 nitrogen and oxygen atoms in total. The lowest BCUT2D eigenvalue weighted by atomic mass is 9.80. The Morgan fingerprint density at radius 1 is 1.09 bits per heavy atom. The van der Waals surface area contributed by atoms with Gasteiger partial charge in [0.15, 0.2) is 0 Å². The highest BCUT2D eigenvalue weighted by Gasteiger charge is 2.43. The first-order chi connectivity index (χ1) is 10.8. The molecule has 8 heteroatoms. The van der Waals surface area contributed by atoms with Crippen molar-refractivity contribution in [2.45, 2.75) is 31.9 Å². The van der Waals surface area contributed by atoms with Crippen molar-refractivity contribution >= 4 is 27.7 Å². The monoisotopic (exact) mass is 392 g/mol. The molecule has 1 aliphatic rings. The number of hydrogen-bond acceptors (Lipinski definition) is 2. The van der Waals surface area contributed by atoms with Crippen molar-refractivity contribution in [2.75, 3.05) is 0 Å². The Hall–Kier alpha value is -1.57. The fraction of sp³-hybridized carbons (Fsp3) is 0.467. The molecule has 0 aromatic heterocycles. The summed E-state index contributed by atoms with van der Waals surface area (Å²) < 4.78 is 39.0. The van der Waals surface area contributed by atoms with Crippen molar-refractivity contribution in [1.29, 1.82) is 0 Å². The van der Waals surface area contributed by atoms with Gasteiger partial charge in [-0.3, -0.25) is 20.4 Å². The van der Waals surface area contributed by atoms with Crippen LogP contribution in [0.4, 0.5) is 13.2 Å². The molecule has 0 spiro atoms. The van der Waals surface area contributed by atoms with Gasteiger partial charge in [0.2, 0.25) is 5.91 Å². The van der Waals surface area contributed by atoms with E-state index in [2.05, 4.69) is 26.8 Å². The molecule has 0 saturated heterocycles. The van der Waals surface area contributed by atoms with Crippen LogP contribution in [0.25, 0.3) is 0 Å². The van der Waals surface area contributed by atoms with Gasteiger partial charge in [-0.1, -0.05) is 22.4 Å². The Kier molecular flexibility index (Phi) is 5.67. The van der Waals surface area contributed by atoms with Crippen LogP contribution in [0.1, 0.15) is 36.0 Å². The van der Waals surface area contributed by atoms with Crippen molar-refractivity contribution in [2.24, 2.45) is 11.8 Å². The molecule has 1 aromatic carbocycles. The SMILES string of the molecule is O=C(NNC(=O)C1CCCC(C(F)(F)F)C1)c1ccc(Br)cc1. The summed E-state index contributed by atoms with van der Waals surface area (Å²) in [7, 11) is 0. The summed E-state index contributed by atoms with van der Waals surface area (Å²) in [5, 5.41) is 0. The molecule has 0 radical (unpaired) electrons. The molecule has 2 amide bonds. The number of amides is 2. The van der Waals surface area contributed by atoms with E-state index in [4.69, 9.17) is 0 Å². The Morgan fingerprint density at radius 3 is 2.35 bits per heavy atom. The van der Waals surface area contributed by atoms with Crippen LogP contribution in [-0.4, -0.2) is 18.0 Å². The Balaban J connectivity index is 1.87. The van der Waals surface area contributed by atoms with Crippen molar-refractivity contribution in [3.05, 3.63) is 34.3 Å². The first kappa shape index (κ1) is 17.8. The average molecular weight is 393 g/mol. The number of hydrazine groups is 1. The summed E-state index contributed by atoms with van der Waals surface area (Å²) in [6.07, 6.45) is -3.71. The van der Waals surface area contributed by atoms with E-state index in [-0.39, 0.29) is 12.8 Å². The van der Waals surface area contributed by atoms with Gasteiger partial charge >= 0.3 is 6.18 Å². The third-order valence-corrected chi connectivity index (χ3v) is 4.44. The van der Waals surface area contributed by atoms with Gasteiger partial charge in [-0.15, -0.1) is 0 Å². The van der Waals surface area contributed by atoms with Gasteiger partial charge < -0.3 is 0 Å². The fourth-order valence-corrected chi connectivity index (χ4v) is 2.88. The minimum atomic E-state index is -4.28. The second kappa shape index (κ2) is 7.33. The van der Waals surface area contributed by atoms with E-state index < -0.39 is 29.8 Å². The molecule has 2 rings (SSSR count). The molecule has 1 fully saturated rings. The number of carbonyl (C=O) groups is 2. The Morgan fingerprint density at radius 2 is 1.74 bits per heavy atom. The van der Waals surface area contributed by atoms with E-state index >= 15 is 0 Å². The third kappa shape index (κ3) is 4.95. The minimum Gasteiger partial charge on any atom is -0.273 e. The summed E-state index contributed by atoms with van der Waals surface area (Å²) in [4.78, 5) is 23.8. The molecular weight excluding hydrogens is 377 g/mol. The predicted molar refractivity (Wildman–Crippen MR) is 81.3 cm³/mol. The van der Waals surface area contributed by atoms with Crippen molar-refractivity contribution in [3.8, 4) is 0 Å². The predicted octanol–water partition coefficient (Wildman–Crippen LogP) is 3.58. The maximum Gasteiger partial charge on any atom is 0.391 e. The number of nitrogens with one attached hydrogen (secondary N) is 2. The Bertz CT molecular complexity index is 575. The van der Waals surface area contributed by atoms with Gasteiger partial charge in [-0.2, -0.15) is 13.2 Å². The highest BCUT2D eigenvalue weighted by atomic mass is 79.9. The lowest BCUT2D eigenvalue weighted by Gasteiger charge is -2.29. The molecule has 0 bridgehead atoms. The molecule has 1 saturated carbocycles. The highest BCUT2D eigenvalue weighted by Crippen LogP contribution is 2.39. The molecule has 2 unspecified atom stereocenters. The highest BCUT2D eigenvalue weighted by molar-refractivity contribution is 9.10. The lowest BCUT2D eigenvalue weighted by Crippen LogP contribution is -2.46. The van der Waals surface area contributed by atoms with Crippen LogP contribution in [0.15, 0.2) is 28.7 Å². The Labute approximate surface area is 139 Å². The van der Waals surface area contributed by atoms with Crippen molar-refractivity contribution in [3.63, 3.8) is 0 Å². The molecule has 1 aromatic rings. The molecule has 1 aliphatic carbocycles. The largest absolute Gasteiger partial charge is 0.391 e. The van der Waals surface area contributed by atoms with Crippen LogP contribution in [0.3, 0.4) is 0 Å². The second-order valence-electron chi connectivity index (χ2n) is 5.55. The number of carbonyl (C=O) groups excluding carboxylic acids is 2. The van der Waals surface area contributed by atoms with Gasteiger partial charge in [0, 0.05) is 16.0 Å². The summed E-state index contributed by atoms with van der Waals surface area (Å²) in [6, 6.07) is 6.47. The summed E-state index contributed by atoms with van der Waals surface area (Å²) in [5.41, 5.74) is 4.79. The average Bonchev–Trinajstić information content (AvgIpc) is 2.52. The summed E-state index contributed by atoms with van der Waals surface area (Å²) in [6.45, 7) is 0. The second-order valence-corrected chi connectivity index (χ2v) is 6.47. The van der Waals surface area contributed by atoms with Crippen molar-refractivity contribution in [1.82, 2.24) is 10.9 Å². The summed E-state index contributed by atoms with van der Waals surface area (Å²) >= 11 is 3.24. The minimum absolute atomic E-state index is 0.0541. The molecule has 0 aliphatic heterocycles. The molecular formula is C15H16BrF3N2O2. The quantitative estimate of drug-likeness (QED) is 0.755. The molecule has 126 valence electrons. The van der Waals surface area contributed by atoms with Gasteiger partial charge in [0.1, 0.15) is 0 Å². The maximum absolute atomic E-state index is 12.7. The van der Waals surface area contributed by atoms with Gasteiger partial charge in [-0.05, 0) is 43.5 Å². The first-order valence-electron chi connectivity index (χ1n) is 7.20. The first-order valence-corrected chi connectivity index (χ1v) is 7.99. The van der Waals surface area contributed by atoms with E-state index in [1.54, 1.807) is 24.3 Å². The molecule has 2 atom stereocenters. The van der Waals surface area contributed by atoms with Gasteiger partial charge in [-0.25, -0.2) is 0 Å². The maximum atomic E-state index is 12.7. The van der Waals surface area contributed by atoms with Crippen LogP contribution >= 0.6 is 15.9 Å². The van der Waals surface area contributed by atoms with Crippen molar-refractivity contribution < 1.29 is 22.8 Å². The number of halogens is 4. The summed E-state index contributed by atoms with van der Waals surface area (Å²) in [5.74, 6) is -3.28. The lowest BCUT2D eigenvalue weighted by molar-refractivity contribution is -0.186. The number of rotatable bonds is 2. The zero-order valence-corrected chi connectivity index (χ0v) is 13.7. The van der Waals surface area contributed by atoms with Crippen LogP contribution in [0, 0.1) is 11.8 Å². The van der Waals surface area contributed by atoms with Crippen LogP contribution in [0.2, 0.25) is 0 Å². The van der Waals surface area contributed by atoms with Gasteiger partial charge in [0.05, 0.1) is 5.92 Å². The van der Waals surface area contributed by atoms with E-state index in [0.717, 1.165) is 4.47 Å². The fourth-order valence-electron chi connectivity index (χ4n) is 2.62. The number of hydrogen-bond donors (Lipinski definition) is 2. The molecule has 0 heterocycles. The third-order valence-electron chi connectivity index (χ3n) is 3.91. The van der Waals surface area contributed by atoms with Gasteiger partial charge in [0.25, 0.3) is 5.91 Å². The smallest absolute Gasteiger partial charge is 0.273 e. The standard InChI is InChI=1S/C15H16BrF3N2O2/c16-12-6-4-9(5-7-12)13(22)20-21-14(23)10-2-1-3-11(8-10)15(17,18)19/h4-7,10-11H,1-3,8H2,(H,20,22)(H,21,23). The number of alkyl halides is 3. The van der Waals surface area contributed by atoms with Crippen LogP contribution < -0.4 is 10.9 Å². The van der Waals surface area contributed by atoms with E-state index in [9.17, 15) is 22.8 Å². The normalized spacial score (nSPS) is 21.6. The van der Waals surface area contributed by atoms with E-state index in [0.29, 0.717) is 18.4 Å². The van der Waals surface area contributed by atoms with Crippen LogP contribution in [-0.2, 0) is 4.79 Å². The van der Waals surface area contributed by atoms with E-state index in [1.807, 2.05) is 0 Å². The molecule has 23 heavy (non-hydrogen) atoms. The molecule has 2 N–H and O–H groups in total. The zero-order chi connectivity index (χ0) is 17.0. The number of benzene rings is 1. The van der Waals surface area contributed by atoms with Crippen LogP contribution in [0.5, 0.6) is 0 Å². The topological polar surface area (TPSA) is 58.2 Å². The van der Waals surface area contributed by atoms with E-state index in [1.165, 1.54) is 0 Å².